The summed E-state index contributed by atoms with van der Waals surface area (Å²) in [6, 6.07) is 0. The van der Waals surface area contributed by atoms with Gasteiger partial charge >= 0.3 is 5.97 Å². The average molecular weight is 381 g/mol. The molecule has 1 heterocycles. The van der Waals surface area contributed by atoms with E-state index in [-0.39, 0.29) is 22.9 Å². The maximum Gasteiger partial charge on any atom is 0.302 e. The summed E-state index contributed by atoms with van der Waals surface area (Å²) in [5.41, 5.74) is 4.83. The summed E-state index contributed by atoms with van der Waals surface area (Å²) >= 11 is 0. The molecule has 4 aliphatic rings. The lowest BCUT2D eigenvalue weighted by atomic mass is 9.47. The van der Waals surface area contributed by atoms with Gasteiger partial charge in [-0.3, -0.25) is 4.79 Å². The van der Waals surface area contributed by atoms with E-state index in [1.54, 1.807) is 11.9 Å². The predicted octanol–water partition coefficient (Wildman–Crippen LogP) is 5.30. The van der Waals surface area contributed by atoms with E-state index < -0.39 is 0 Å². The molecule has 1 N–H and O–H groups in total. The van der Waals surface area contributed by atoms with Crippen molar-refractivity contribution in [2.75, 3.05) is 0 Å². The number of imidazole rings is 1. The van der Waals surface area contributed by atoms with Crippen molar-refractivity contribution in [1.29, 1.82) is 0 Å². The maximum absolute atomic E-state index is 11.4. The first kappa shape index (κ1) is 18.2. The second-order valence-electron chi connectivity index (χ2n) is 10.0. The zero-order valence-electron chi connectivity index (χ0n) is 17.3. The second kappa shape index (κ2) is 6.33. The van der Waals surface area contributed by atoms with E-state index in [4.69, 9.17) is 4.74 Å². The lowest BCUT2D eigenvalue weighted by Crippen LogP contribution is -2.50. The highest BCUT2D eigenvalue weighted by atomic mass is 16.5. The van der Waals surface area contributed by atoms with Crippen molar-refractivity contribution in [3.63, 3.8) is 0 Å². The van der Waals surface area contributed by atoms with Gasteiger partial charge in [-0.2, -0.15) is 0 Å². The molecule has 4 heteroatoms. The number of hydrogen-bond donors (Lipinski definition) is 1. The lowest BCUT2D eigenvalue weighted by Gasteiger charge is -2.57. The molecule has 1 aromatic rings. The van der Waals surface area contributed by atoms with Gasteiger partial charge in [0.2, 0.25) is 0 Å². The topological polar surface area (TPSA) is 55.0 Å². The number of aromatic amines is 1. The molecule has 0 aliphatic heterocycles. The van der Waals surface area contributed by atoms with Gasteiger partial charge in [0.1, 0.15) is 6.10 Å². The number of nitrogens with one attached hydrogen (secondary N) is 1. The molecule has 6 atom stereocenters. The van der Waals surface area contributed by atoms with Crippen LogP contribution in [0.4, 0.5) is 0 Å². The number of hydrogen-bond acceptors (Lipinski definition) is 3. The van der Waals surface area contributed by atoms with Gasteiger partial charge in [-0.25, -0.2) is 4.98 Å². The number of carbonyl (C=O) groups excluding carboxylic acids is 1. The molecule has 0 saturated heterocycles. The SMILES string of the molecule is CC(=O)O[C@H]1CC[C@@]2(C)C(=CC[C@@H]3[C@@H]2CC[C@]2(C)C(c4cnc[nH]4)=CC[C@@H]32)C1. The zero-order valence-corrected chi connectivity index (χ0v) is 17.3. The summed E-state index contributed by atoms with van der Waals surface area (Å²) in [5.74, 6) is 2.11. The highest BCUT2D eigenvalue weighted by Gasteiger charge is 2.57. The van der Waals surface area contributed by atoms with Gasteiger partial charge in [0.15, 0.2) is 0 Å². The van der Waals surface area contributed by atoms with Crippen LogP contribution in [-0.2, 0) is 9.53 Å². The number of esters is 1. The summed E-state index contributed by atoms with van der Waals surface area (Å²) in [6.07, 6.45) is 16.9. The molecular formula is C24H32N2O2. The van der Waals surface area contributed by atoms with Crippen LogP contribution in [0.2, 0.25) is 0 Å². The third-order valence-electron chi connectivity index (χ3n) is 8.76. The van der Waals surface area contributed by atoms with Crippen LogP contribution in [-0.4, -0.2) is 22.0 Å². The van der Waals surface area contributed by atoms with Crippen LogP contribution in [0.1, 0.15) is 71.4 Å². The van der Waals surface area contributed by atoms with Crippen LogP contribution in [0, 0.1) is 28.6 Å². The van der Waals surface area contributed by atoms with Crippen LogP contribution < -0.4 is 0 Å². The molecule has 0 unspecified atom stereocenters. The molecule has 150 valence electrons. The first-order valence-corrected chi connectivity index (χ1v) is 11.0. The number of H-pyrrole nitrogens is 1. The summed E-state index contributed by atoms with van der Waals surface area (Å²) in [5, 5.41) is 0. The summed E-state index contributed by atoms with van der Waals surface area (Å²) in [4.78, 5) is 19.0. The van der Waals surface area contributed by atoms with E-state index in [1.165, 1.54) is 43.9 Å². The molecule has 2 fully saturated rings. The molecule has 4 nitrogen and oxygen atoms in total. The normalized spacial score (nSPS) is 42.0. The Morgan fingerprint density at radius 1 is 1.14 bits per heavy atom. The van der Waals surface area contributed by atoms with Crippen LogP contribution in [0.3, 0.4) is 0 Å². The van der Waals surface area contributed by atoms with Gasteiger partial charge in [-0.15, -0.1) is 0 Å². The molecule has 28 heavy (non-hydrogen) atoms. The maximum atomic E-state index is 11.4. The fourth-order valence-electron chi connectivity index (χ4n) is 7.35. The van der Waals surface area contributed by atoms with Crippen molar-refractivity contribution >= 4 is 11.5 Å². The van der Waals surface area contributed by atoms with Crippen molar-refractivity contribution in [2.24, 2.45) is 28.6 Å². The first-order chi connectivity index (χ1) is 13.4. The number of carbonyl (C=O) groups is 1. The van der Waals surface area contributed by atoms with Crippen molar-refractivity contribution in [1.82, 2.24) is 9.97 Å². The summed E-state index contributed by atoms with van der Waals surface area (Å²) in [7, 11) is 0. The molecule has 0 bridgehead atoms. The monoisotopic (exact) mass is 380 g/mol. The standard InChI is InChI=1S/C24H32N2O2/c1-15(27)28-17-8-10-23(2)16(12-17)4-5-18-19-6-7-21(22-13-25-14-26-22)24(19,3)11-9-20(18)23/h4,7,13-14,17-20H,5-6,8-12H2,1-3H3,(H,25,26)/t17-,18-,19-,20-,23-,24-/m0/s1. The van der Waals surface area contributed by atoms with Crippen molar-refractivity contribution in [3.8, 4) is 0 Å². The number of fused-ring (bicyclic) bond motifs is 5. The van der Waals surface area contributed by atoms with Gasteiger partial charge < -0.3 is 9.72 Å². The number of allylic oxidation sites excluding steroid dienone is 3. The predicted molar refractivity (Wildman–Crippen MR) is 109 cm³/mol. The third-order valence-corrected chi connectivity index (χ3v) is 8.76. The van der Waals surface area contributed by atoms with Crippen LogP contribution in [0.5, 0.6) is 0 Å². The van der Waals surface area contributed by atoms with Gasteiger partial charge in [0.05, 0.1) is 18.2 Å². The highest BCUT2D eigenvalue weighted by molar-refractivity contribution is 5.70. The minimum absolute atomic E-state index is 0.0855. The molecule has 0 radical (unpaired) electrons. The van der Waals surface area contributed by atoms with Gasteiger partial charge in [0, 0.05) is 13.3 Å². The molecule has 4 aliphatic carbocycles. The number of aromatic nitrogens is 2. The Morgan fingerprint density at radius 3 is 2.71 bits per heavy atom. The number of nitrogens with zero attached hydrogens (tertiary/aromatic N) is 1. The third kappa shape index (κ3) is 2.56. The minimum atomic E-state index is -0.139. The Balaban J connectivity index is 1.41. The summed E-state index contributed by atoms with van der Waals surface area (Å²) < 4.78 is 5.56. The molecule has 0 amide bonds. The Bertz CT molecular complexity index is 839. The molecule has 5 rings (SSSR count). The quantitative estimate of drug-likeness (QED) is 0.560. The van der Waals surface area contributed by atoms with Crippen LogP contribution in [0.15, 0.2) is 30.2 Å². The van der Waals surface area contributed by atoms with E-state index in [2.05, 4.69) is 36.0 Å². The first-order valence-electron chi connectivity index (χ1n) is 11.0. The number of rotatable bonds is 2. The Hall–Kier alpha value is -1.84. The van der Waals surface area contributed by atoms with E-state index in [1.807, 2.05) is 6.20 Å². The van der Waals surface area contributed by atoms with Gasteiger partial charge in [0.25, 0.3) is 0 Å². The fourth-order valence-corrected chi connectivity index (χ4v) is 7.35. The van der Waals surface area contributed by atoms with Crippen LogP contribution >= 0.6 is 0 Å². The Morgan fingerprint density at radius 2 is 1.96 bits per heavy atom. The van der Waals surface area contributed by atoms with Crippen molar-refractivity contribution in [3.05, 3.63) is 35.9 Å². The van der Waals surface area contributed by atoms with Crippen LogP contribution in [0.25, 0.3) is 5.57 Å². The Kier molecular flexibility index (Phi) is 4.12. The van der Waals surface area contributed by atoms with E-state index in [9.17, 15) is 4.79 Å². The molecule has 1 aromatic heterocycles. The minimum Gasteiger partial charge on any atom is -0.462 e. The Labute approximate surface area is 167 Å². The average Bonchev–Trinajstić information content (AvgIpc) is 3.28. The zero-order chi connectivity index (χ0) is 19.5. The molecule has 2 saturated carbocycles. The largest absolute Gasteiger partial charge is 0.462 e. The highest BCUT2D eigenvalue weighted by Crippen LogP contribution is 2.66. The smallest absolute Gasteiger partial charge is 0.302 e. The summed E-state index contributed by atoms with van der Waals surface area (Å²) in [6.45, 7) is 6.53. The van der Waals surface area contributed by atoms with Gasteiger partial charge in [-0.1, -0.05) is 31.6 Å². The molecule has 0 spiro atoms. The molecular weight excluding hydrogens is 348 g/mol. The van der Waals surface area contributed by atoms with E-state index in [0.717, 1.165) is 37.0 Å². The second-order valence-corrected chi connectivity index (χ2v) is 10.0. The fraction of sp³-hybridized carbons (Fsp3) is 0.667. The number of ether oxygens (including phenoxy) is 1. The lowest BCUT2D eigenvalue weighted by molar-refractivity contribution is -0.148. The van der Waals surface area contributed by atoms with Crippen molar-refractivity contribution in [2.45, 2.75) is 71.8 Å². The molecule has 0 aromatic carbocycles. The van der Waals surface area contributed by atoms with E-state index >= 15 is 0 Å². The van der Waals surface area contributed by atoms with Crippen molar-refractivity contribution < 1.29 is 9.53 Å². The van der Waals surface area contributed by atoms with Gasteiger partial charge in [-0.05, 0) is 72.7 Å². The van der Waals surface area contributed by atoms with E-state index in [0.29, 0.717) is 0 Å².